The van der Waals surface area contributed by atoms with E-state index in [1.54, 1.807) is 6.07 Å². The maximum atomic E-state index is 12.2. The van der Waals surface area contributed by atoms with E-state index in [9.17, 15) is 19.7 Å². The molecular formula is C17H18N4O5S. The minimum atomic E-state index is -0.558. The van der Waals surface area contributed by atoms with E-state index in [4.69, 9.17) is 5.11 Å². The largest absolute Gasteiger partial charge is 0.395 e. The topological polar surface area (TPSA) is 127 Å². The van der Waals surface area contributed by atoms with Gasteiger partial charge in [-0.3, -0.25) is 19.5 Å². The van der Waals surface area contributed by atoms with Crippen LogP contribution in [0.4, 0.5) is 11.4 Å². The summed E-state index contributed by atoms with van der Waals surface area (Å²) in [4.78, 5) is 38.9. The highest BCUT2D eigenvalue weighted by Gasteiger charge is 2.22. The third-order valence-electron chi connectivity index (χ3n) is 4.24. The lowest BCUT2D eigenvalue weighted by atomic mass is 10.2. The fourth-order valence-corrected chi connectivity index (χ4v) is 3.97. The fourth-order valence-electron chi connectivity index (χ4n) is 3.09. The van der Waals surface area contributed by atoms with Gasteiger partial charge in [-0.25, -0.2) is 4.79 Å². The predicted octanol–water partition coefficient (Wildman–Crippen LogP) is 1.36. The SMILES string of the molecule is O=C(CSc1nc(=O)n(CCO)c2c1CCC2)Nc1ccccc1[N+](=O)[O-]. The average molecular weight is 390 g/mol. The Morgan fingerprint density at radius 3 is 2.89 bits per heavy atom. The van der Waals surface area contributed by atoms with E-state index >= 15 is 0 Å². The Morgan fingerprint density at radius 2 is 2.15 bits per heavy atom. The van der Waals surface area contributed by atoms with Gasteiger partial charge in [0.2, 0.25) is 5.91 Å². The number of hydrogen-bond acceptors (Lipinski definition) is 7. The summed E-state index contributed by atoms with van der Waals surface area (Å²) >= 11 is 1.14. The van der Waals surface area contributed by atoms with Gasteiger partial charge in [-0.05, 0) is 25.3 Å². The van der Waals surface area contributed by atoms with Crippen LogP contribution >= 0.6 is 11.8 Å². The van der Waals surface area contributed by atoms with Crippen LogP contribution in [0.25, 0.3) is 0 Å². The first-order valence-electron chi connectivity index (χ1n) is 8.40. The smallest absolute Gasteiger partial charge is 0.348 e. The maximum absolute atomic E-state index is 12.2. The van der Waals surface area contributed by atoms with Crippen LogP contribution in [0, 0.1) is 10.1 Å². The predicted molar refractivity (Wildman–Crippen MR) is 100 cm³/mol. The number of aliphatic hydroxyl groups is 1. The van der Waals surface area contributed by atoms with Crippen molar-refractivity contribution in [1.82, 2.24) is 9.55 Å². The number of aliphatic hydroxyl groups excluding tert-OH is 1. The van der Waals surface area contributed by atoms with Crippen molar-refractivity contribution in [1.29, 1.82) is 0 Å². The van der Waals surface area contributed by atoms with Gasteiger partial charge < -0.3 is 10.4 Å². The minimum absolute atomic E-state index is 0.0189. The van der Waals surface area contributed by atoms with E-state index in [1.165, 1.54) is 22.8 Å². The molecule has 2 aromatic rings. The van der Waals surface area contributed by atoms with Gasteiger partial charge in [0.25, 0.3) is 5.69 Å². The lowest BCUT2D eigenvalue weighted by Crippen LogP contribution is -2.28. The number of nitro groups is 1. The van der Waals surface area contributed by atoms with Gasteiger partial charge in [0.15, 0.2) is 0 Å². The highest BCUT2D eigenvalue weighted by molar-refractivity contribution is 8.00. The van der Waals surface area contributed by atoms with Crippen LogP contribution in [0.2, 0.25) is 0 Å². The number of nitro benzene ring substituents is 1. The van der Waals surface area contributed by atoms with Crippen LogP contribution in [0.1, 0.15) is 17.7 Å². The molecule has 0 fully saturated rings. The van der Waals surface area contributed by atoms with E-state index in [0.717, 1.165) is 42.3 Å². The molecule has 0 bridgehead atoms. The van der Waals surface area contributed by atoms with Crippen LogP contribution in [0.5, 0.6) is 0 Å². The second-order valence-electron chi connectivity index (χ2n) is 5.96. The molecule has 1 amide bonds. The molecule has 0 atom stereocenters. The van der Waals surface area contributed by atoms with E-state index < -0.39 is 16.5 Å². The van der Waals surface area contributed by atoms with Gasteiger partial charge in [-0.2, -0.15) is 4.98 Å². The number of para-hydroxylation sites is 2. The van der Waals surface area contributed by atoms with Gasteiger partial charge in [0.05, 0.1) is 23.8 Å². The summed E-state index contributed by atoms with van der Waals surface area (Å²) in [5, 5.41) is 23.2. The first-order valence-corrected chi connectivity index (χ1v) is 9.39. The number of hydrogen-bond donors (Lipinski definition) is 2. The quantitative estimate of drug-likeness (QED) is 0.316. The van der Waals surface area contributed by atoms with Crippen LogP contribution < -0.4 is 11.0 Å². The summed E-state index contributed by atoms with van der Waals surface area (Å²) in [6, 6.07) is 5.91. The van der Waals surface area contributed by atoms with Gasteiger partial charge in [-0.15, -0.1) is 0 Å². The molecule has 1 aromatic heterocycles. The van der Waals surface area contributed by atoms with Crippen LogP contribution in [0.15, 0.2) is 34.1 Å². The number of nitrogens with one attached hydrogen (secondary N) is 1. The molecule has 10 heteroatoms. The number of carbonyl (C=O) groups excluding carboxylic acids is 1. The lowest BCUT2D eigenvalue weighted by molar-refractivity contribution is -0.383. The summed E-state index contributed by atoms with van der Waals surface area (Å²) in [5.41, 5.74) is 1.31. The van der Waals surface area contributed by atoms with Crippen molar-refractivity contribution in [2.24, 2.45) is 0 Å². The Hall–Kier alpha value is -2.72. The minimum Gasteiger partial charge on any atom is -0.395 e. The van der Waals surface area contributed by atoms with Crippen molar-refractivity contribution in [2.75, 3.05) is 17.7 Å². The highest BCUT2D eigenvalue weighted by atomic mass is 32.2. The zero-order valence-electron chi connectivity index (χ0n) is 14.4. The monoisotopic (exact) mass is 390 g/mol. The Bertz CT molecular complexity index is 943. The summed E-state index contributed by atoms with van der Waals surface area (Å²) in [6.45, 7) is 0.0655. The molecule has 0 radical (unpaired) electrons. The van der Waals surface area contributed by atoms with Gasteiger partial charge in [0.1, 0.15) is 10.7 Å². The first kappa shape index (κ1) is 19.1. The Kier molecular flexibility index (Phi) is 5.87. The molecule has 142 valence electrons. The molecule has 1 aromatic carbocycles. The van der Waals surface area contributed by atoms with Crippen LogP contribution in [-0.2, 0) is 24.2 Å². The molecule has 0 saturated heterocycles. The summed E-state index contributed by atoms with van der Waals surface area (Å²) in [6.07, 6.45) is 2.40. The van der Waals surface area contributed by atoms with Crippen molar-refractivity contribution < 1.29 is 14.8 Å². The Balaban J connectivity index is 1.73. The number of fused-ring (bicyclic) bond motifs is 1. The zero-order valence-corrected chi connectivity index (χ0v) is 15.2. The normalized spacial score (nSPS) is 12.6. The number of anilines is 1. The van der Waals surface area contributed by atoms with Crippen molar-refractivity contribution in [2.45, 2.75) is 30.8 Å². The van der Waals surface area contributed by atoms with E-state index in [0.29, 0.717) is 5.03 Å². The highest BCUT2D eigenvalue weighted by Crippen LogP contribution is 2.29. The molecule has 27 heavy (non-hydrogen) atoms. The second-order valence-corrected chi connectivity index (χ2v) is 6.93. The number of rotatable bonds is 7. The molecule has 9 nitrogen and oxygen atoms in total. The molecule has 0 unspecified atom stereocenters. The van der Waals surface area contributed by atoms with Gasteiger partial charge in [0, 0.05) is 17.3 Å². The molecular weight excluding hydrogens is 372 g/mol. The van der Waals surface area contributed by atoms with Gasteiger partial charge in [-0.1, -0.05) is 23.9 Å². The number of nitrogens with zero attached hydrogens (tertiary/aromatic N) is 3. The maximum Gasteiger partial charge on any atom is 0.348 e. The number of amides is 1. The van der Waals surface area contributed by atoms with Crippen molar-refractivity contribution in [3.63, 3.8) is 0 Å². The third-order valence-corrected chi connectivity index (χ3v) is 5.26. The fraction of sp³-hybridized carbons (Fsp3) is 0.353. The second kappa shape index (κ2) is 8.31. The zero-order chi connectivity index (χ0) is 19.4. The molecule has 3 rings (SSSR count). The molecule has 2 N–H and O–H groups in total. The van der Waals surface area contributed by atoms with Crippen LogP contribution in [0.3, 0.4) is 0 Å². The third kappa shape index (κ3) is 4.17. The van der Waals surface area contributed by atoms with Gasteiger partial charge >= 0.3 is 5.69 Å². The average Bonchev–Trinajstić information content (AvgIpc) is 3.12. The van der Waals surface area contributed by atoms with Crippen molar-refractivity contribution in [3.8, 4) is 0 Å². The van der Waals surface area contributed by atoms with E-state index in [-0.39, 0.29) is 30.3 Å². The molecule has 0 saturated carbocycles. The van der Waals surface area contributed by atoms with Crippen molar-refractivity contribution in [3.05, 3.63) is 56.1 Å². The Morgan fingerprint density at radius 1 is 1.37 bits per heavy atom. The van der Waals surface area contributed by atoms with E-state index in [2.05, 4.69) is 10.3 Å². The number of thioether (sulfide) groups is 1. The number of benzene rings is 1. The first-order chi connectivity index (χ1) is 13.0. The van der Waals surface area contributed by atoms with Crippen molar-refractivity contribution >= 4 is 29.0 Å². The van der Waals surface area contributed by atoms with Crippen LogP contribution in [-0.4, -0.2) is 37.8 Å². The number of aromatic nitrogens is 2. The van der Waals surface area contributed by atoms with E-state index in [1.807, 2.05) is 0 Å². The molecule has 1 aliphatic rings. The molecule has 0 spiro atoms. The standard InChI is InChI=1S/C17H18N4O5S/c22-9-8-20-13-7-3-4-11(13)16(19-17(20)24)27-10-15(23)18-12-5-1-2-6-14(12)21(25)26/h1-2,5-6,22H,3-4,7-10H2,(H,18,23). The number of carbonyl (C=O) groups is 1. The summed E-state index contributed by atoms with van der Waals surface area (Å²) < 4.78 is 1.49. The summed E-state index contributed by atoms with van der Waals surface area (Å²) in [7, 11) is 0. The summed E-state index contributed by atoms with van der Waals surface area (Å²) in [5.74, 6) is -0.433. The molecule has 0 aliphatic heterocycles. The Labute approximate surface area is 158 Å². The lowest BCUT2D eigenvalue weighted by Gasteiger charge is -2.13. The molecule has 1 aliphatic carbocycles. The molecule has 1 heterocycles.